The van der Waals surface area contributed by atoms with Crippen LogP contribution in [-0.2, 0) is 9.59 Å². The number of hydrogen-bond donors (Lipinski definition) is 3. The smallest absolute Gasteiger partial charge is 0.337 e. The monoisotopic (exact) mass is 275 g/mol. The Balaban J connectivity index is 2.65. The summed E-state index contributed by atoms with van der Waals surface area (Å²) in [4.78, 5) is 22.8. The molecule has 5 N–H and O–H groups in total. The van der Waals surface area contributed by atoms with Crippen LogP contribution in [-0.4, -0.2) is 11.9 Å². The highest BCUT2D eigenvalue weighted by Crippen LogP contribution is 2.16. The van der Waals surface area contributed by atoms with Crippen molar-refractivity contribution in [3.05, 3.63) is 47.8 Å². The number of nitrogens with two attached hydrogens (primary N) is 2. The summed E-state index contributed by atoms with van der Waals surface area (Å²) in [6, 6.07) is 6.34. The summed E-state index contributed by atoms with van der Waals surface area (Å²) in [6.45, 7) is 3.21. The molecule has 6 heteroatoms. The number of benzene rings is 1. The second-order valence-corrected chi connectivity index (χ2v) is 4.21. The van der Waals surface area contributed by atoms with Gasteiger partial charge in [0.05, 0.1) is 0 Å². The van der Waals surface area contributed by atoms with E-state index in [1.54, 1.807) is 38.1 Å². The van der Waals surface area contributed by atoms with Gasteiger partial charge in [-0.15, -0.1) is 0 Å². The molecule has 0 spiro atoms. The molecule has 0 fully saturated rings. The molecule has 0 heterocycles. The number of rotatable bonds is 4. The van der Waals surface area contributed by atoms with E-state index in [1.807, 2.05) is 0 Å². The summed E-state index contributed by atoms with van der Waals surface area (Å²) in [5.74, 6) is -0.518. The molecule has 1 aromatic carbocycles. The SMILES string of the molecule is C/C(N)=C/C(=O)Nc1ccc(OC(=O)/C=C(/C)N)cc1. The van der Waals surface area contributed by atoms with E-state index in [1.165, 1.54) is 12.2 Å². The second-order valence-electron chi connectivity index (χ2n) is 4.21. The summed E-state index contributed by atoms with van der Waals surface area (Å²) < 4.78 is 5.01. The first-order valence-electron chi connectivity index (χ1n) is 5.87. The first-order valence-corrected chi connectivity index (χ1v) is 5.87. The van der Waals surface area contributed by atoms with Crippen molar-refractivity contribution in [2.45, 2.75) is 13.8 Å². The van der Waals surface area contributed by atoms with Crippen molar-refractivity contribution >= 4 is 17.6 Å². The van der Waals surface area contributed by atoms with Crippen molar-refractivity contribution in [3.63, 3.8) is 0 Å². The Kier molecular flexibility index (Phi) is 5.34. The lowest BCUT2D eigenvalue weighted by Crippen LogP contribution is -2.10. The number of hydrogen-bond acceptors (Lipinski definition) is 5. The van der Waals surface area contributed by atoms with Gasteiger partial charge >= 0.3 is 5.97 Å². The summed E-state index contributed by atoms with van der Waals surface area (Å²) in [7, 11) is 0. The molecule has 0 aliphatic heterocycles. The van der Waals surface area contributed by atoms with E-state index in [4.69, 9.17) is 16.2 Å². The third-order valence-electron chi connectivity index (χ3n) is 2.04. The van der Waals surface area contributed by atoms with Crippen LogP contribution in [0.1, 0.15) is 13.8 Å². The predicted molar refractivity (Wildman–Crippen MR) is 76.6 cm³/mol. The summed E-state index contributed by atoms with van der Waals surface area (Å²) >= 11 is 0. The molecule has 0 saturated heterocycles. The van der Waals surface area contributed by atoms with Crippen molar-refractivity contribution in [1.82, 2.24) is 0 Å². The van der Waals surface area contributed by atoms with Gasteiger partial charge in [-0.3, -0.25) is 4.79 Å². The topological polar surface area (TPSA) is 107 Å². The molecule has 1 amide bonds. The van der Waals surface area contributed by atoms with Gasteiger partial charge in [0, 0.05) is 29.2 Å². The lowest BCUT2D eigenvalue weighted by molar-refractivity contribution is -0.129. The van der Waals surface area contributed by atoms with Crippen LogP contribution >= 0.6 is 0 Å². The molecular formula is C14H17N3O3. The van der Waals surface area contributed by atoms with Gasteiger partial charge in [0.1, 0.15) is 5.75 Å². The first kappa shape index (κ1) is 15.3. The van der Waals surface area contributed by atoms with Crippen molar-refractivity contribution in [2.24, 2.45) is 11.5 Å². The van der Waals surface area contributed by atoms with Crippen LogP contribution in [0.2, 0.25) is 0 Å². The van der Waals surface area contributed by atoms with E-state index in [0.29, 0.717) is 22.8 Å². The number of carbonyl (C=O) groups is 2. The number of amides is 1. The van der Waals surface area contributed by atoms with Crippen LogP contribution in [0.15, 0.2) is 47.8 Å². The van der Waals surface area contributed by atoms with Gasteiger partial charge in [-0.1, -0.05) is 0 Å². The molecule has 0 aliphatic rings. The van der Waals surface area contributed by atoms with Crippen LogP contribution in [0, 0.1) is 0 Å². The normalized spacial score (nSPS) is 11.9. The highest BCUT2D eigenvalue weighted by Gasteiger charge is 2.03. The molecule has 0 aromatic heterocycles. The molecule has 0 aliphatic carbocycles. The zero-order valence-electron chi connectivity index (χ0n) is 11.3. The predicted octanol–water partition coefficient (Wildman–Crippen LogP) is 1.26. The fourth-order valence-corrected chi connectivity index (χ4v) is 1.32. The van der Waals surface area contributed by atoms with Gasteiger partial charge in [0.15, 0.2) is 0 Å². The van der Waals surface area contributed by atoms with Gasteiger partial charge in [-0.05, 0) is 38.1 Å². The Morgan fingerprint density at radius 1 is 1.05 bits per heavy atom. The highest BCUT2D eigenvalue weighted by atomic mass is 16.5. The lowest BCUT2D eigenvalue weighted by atomic mass is 10.3. The van der Waals surface area contributed by atoms with Crippen molar-refractivity contribution in [2.75, 3.05) is 5.32 Å². The molecular weight excluding hydrogens is 258 g/mol. The highest BCUT2D eigenvalue weighted by molar-refractivity contribution is 5.99. The minimum atomic E-state index is -0.552. The van der Waals surface area contributed by atoms with Gasteiger partial charge in [0.25, 0.3) is 0 Å². The van der Waals surface area contributed by atoms with Gasteiger partial charge in [-0.25, -0.2) is 4.79 Å². The number of anilines is 1. The molecule has 6 nitrogen and oxygen atoms in total. The molecule has 0 saturated carbocycles. The molecule has 1 rings (SSSR count). The Morgan fingerprint density at radius 3 is 2.10 bits per heavy atom. The Labute approximate surface area is 117 Å². The Bertz CT molecular complexity index is 501. The number of esters is 1. The average molecular weight is 275 g/mol. The third kappa shape index (κ3) is 5.72. The maximum absolute atomic E-state index is 11.4. The van der Waals surface area contributed by atoms with Gasteiger partial charge in [0.2, 0.25) is 5.91 Å². The minimum absolute atomic E-state index is 0.323. The van der Waals surface area contributed by atoms with Crippen molar-refractivity contribution < 1.29 is 14.3 Å². The third-order valence-corrected chi connectivity index (χ3v) is 2.04. The number of nitrogens with one attached hydrogen (secondary N) is 1. The fraction of sp³-hybridized carbons (Fsp3) is 0.143. The second kappa shape index (κ2) is 6.98. The standard InChI is InChI=1S/C14H17N3O3/c1-9(15)7-13(18)17-11-3-5-12(6-4-11)20-14(19)8-10(2)16/h3-8H,15-16H2,1-2H3,(H,17,18)/b9-7-,10-8-. The molecule has 20 heavy (non-hydrogen) atoms. The van der Waals surface area contributed by atoms with E-state index in [2.05, 4.69) is 5.32 Å². The largest absolute Gasteiger partial charge is 0.423 e. The lowest BCUT2D eigenvalue weighted by Gasteiger charge is -2.05. The van der Waals surface area contributed by atoms with Crippen molar-refractivity contribution in [3.8, 4) is 5.75 Å². The zero-order valence-corrected chi connectivity index (χ0v) is 11.3. The summed E-state index contributed by atoms with van der Waals surface area (Å²) in [5.41, 5.74) is 12.1. The first-order chi connectivity index (χ1) is 9.36. The van der Waals surface area contributed by atoms with E-state index >= 15 is 0 Å². The van der Waals surface area contributed by atoms with Crippen LogP contribution in [0.25, 0.3) is 0 Å². The minimum Gasteiger partial charge on any atom is -0.423 e. The van der Waals surface area contributed by atoms with E-state index in [0.717, 1.165) is 0 Å². The maximum Gasteiger partial charge on any atom is 0.337 e. The van der Waals surface area contributed by atoms with Gasteiger partial charge < -0.3 is 21.5 Å². The Morgan fingerprint density at radius 2 is 1.60 bits per heavy atom. The van der Waals surface area contributed by atoms with Crippen molar-refractivity contribution in [1.29, 1.82) is 0 Å². The molecule has 0 bridgehead atoms. The molecule has 0 radical (unpaired) electrons. The van der Waals surface area contributed by atoms with E-state index in [-0.39, 0.29) is 5.91 Å². The number of carbonyl (C=O) groups excluding carboxylic acids is 2. The summed E-state index contributed by atoms with van der Waals surface area (Å²) in [5, 5.41) is 2.62. The molecule has 0 atom stereocenters. The average Bonchev–Trinajstić information content (AvgIpc) is 2.29. The number of ether oxygens (including phenoxy) is 1. The van der Waals surface area contributed by atoms with Crippen LogP contribution in [0.4, 0.5) is 5.69 Å². The van der Waals surface area contributed by atoms with E-state index in [9.17, 15) is 9.59 Å². The molecule has 1 aromatic rings. The summed E-state index contributed by atoms with van der Waals surface area (Å²) in [6.07, 6.45) is 2.47. The molecule has 106 valence electrons. The van der Waals surface area contributed by atoms with Crippen LogP contribution < -0.4 is 21.5 Å². The fourth-order valence-electron chi connectivity index (χ4n) is 1.32. The Hall–Kier alpha value is -2.76. The van der Waals surface area contributed by atoms with Gasteiger partial charge in [-0.2, -0.15) is 0 Å². The zero-order chi connectivity index (χ0) is 15.1. The molecule has 0 unspecified atom stereocenters. The van der Waals surface area contributed by atoms with Crippen LogP contribution in [0.5, 0.6) is 5.75 Å². The number of allylic oxidation sites excluding steroid dienone is 2. The van der Waals surface area contributed by atoms with E-state index < -0.39 is 5.97 Å². The van der Waals surface area contributed by atoms with Crippen LogP contribution in [0.3, 0.4) is 0 Å². The maximum atomic E-state index is 11.4. The quantitative estimate of drug-likeness (QED) is 0.435.